The zero-order valence-electron chi connectivity index (χ0n) is 13.8. The molecule has 0 aliphatic heterocycles. The van der Waals surface area contributed by atoms with Crippen LogP contribution in [0.5, 0.6) is 0 Å². The number of aromatic nitrogens is 1. The molecule has 26 heavy (non-hydrogen) atoms. The summed E-state index contributed by atoms with van der Waals surface area (Å²) in [5.41, 5.74) is 1.15. The molecule has 8 heteroatoms. The molecule has 0 bridgehead atoms. The zero-order chi connectivity index (χ0) is 18.0. The molecule has 2 N–H and O–H groups in total. The third kappa shape index (κ3) is 4.55. The van der Waals surface area contributed by atoms with E-state index in [-0.39, 0.29) is 41.5 Å². The van der Waals surface area contributed by atoms with Crippen molar-refractivity contribution in [3.8, 4) is 0 Å². The van der Waals surface area contributed by atoms with Gasteiger partial charge in [0.2, 0.25) is 0 Å². The number of hydrogen-bond acceptors (Lipinski definition) is 3. The summed E-state index contributed by atoms with van der Waals surface area (Å²) in [6.45, 7) is 0. The third-order valence-electron chi connectivity index (χ3n) is 3.70. The van der Waals surface area contributed by atoms with E-state index in [2.05, 4.69) is 10.3 Å². The van der Waals surface area contributed by atoms with Gasteiger partial charge in [-0.05, 0) is 29.8 Å². The number of hydrogen-bond donors (Lipinski definition) is 2. The second kappa shape index (κ2) is 8.07. The van der Waals surface area contributed by atoms with Crippen molar-refractivity contribution >= 4 is 57.8 Å². The number of nitrogens with zero attached hydrogens (tertiary/aromatic N) is 1. The van der Waals surface area contributed by atoms with Crippen LogP contribution in [0.25, 0.3) is 10.9 Å². The molecule has 0 spiro atoms. The summed E-state index contributed by atoms with van der Waals surface area (Å²) in [5.74, 6) is -0.969. The number of fused-ring (bicyclic) bond motifs is 1. The van der Waals surface area contributed by atoms with Gasteiger partial charge in [0.25, 0.3) is 0 Å². The molecule has 3 aromatic rings. The number of aliphatic carboxylic acids is 1. The minimum absolute atomic E-state index is 0. The molecule has 1 heterocycles. The van der Waals surface area contributed by atoms with E-state index in [1.165, 1.54) is 12.3 Å². The van der Waals surface area contributed by atoms with Gasteiger partial charge in [-0.1, -0.05) is 24.3 Å². The fourth-order valence-electron chi connectivity index (χ4n) is 2.54. The van der Waals surface area contributed by atoms with Crippen LogP contribution in [0.1, 0.15) is 11.1 Å². The van der Waals surface area contributed by atoms with Gasteiger partial charge in [-0.2, -0.15) is 13.2 Å². The zero-order valence-corrected chi connectivity index (χ0v) is 15.8. The molecular weight excluding hydrogens is 356 g/mol. The Morgan fingerprint density at radius 2 is 1.81 bits per heavy atom. The molecule has 2 aromatic carbocycles. The van der Waals surface area contributed by atoms with E-state index in [9.17, 15) is 18.0 Å². The molecule has 1 radical (unpaired) electrons. The summed E-state index contributed by atoms with van der Waals surface area (Å²) in [7, 11) is 0. The molecular formula is C18H13F3N2NaO2. The monoisotopic (exact) mass is 369 g/mol. The van der Waals surface area contributed by atoms with E-state index in [4.69, 9.17) is 5.11 Å². The number of pyridine rings is 1. The molecule has 1 aromatic heterocycles. The number of halogens is 3. The second-order valence-electron chi connectivity index (χ2n) is 5.44. The Morgan fingerprint density at radius 1 is 1.08 bits per heavy atom. The molecule has 0 aliphatic rings. The van der Waals surface area contributed by atoms with Crippen molar-refractivity contribution in [1.29, 1.82) is 0 Å². The molecule has 129 valence electrons. The largest absolute Gasteiger partial charge is 0.481 e. The van der Waals surface area contributed by atoms with Gasteiger partial charge in [0.1, 0.15) is 0 Å². The maximum absolute atomic E-state index is 12.8. The first-order valence-electron chi connectivity index (χ1n) is 7.37. The number of para-hydroxylation sites is 1. The topological polar surface area (TPSA) is 62.2 Å². The number of carboxylic acids is 1. The quantitative estimate of drug-likeness (QED) is 0.675. The number of carbonyl (C=O) groups is 1. The SMILES string of the molecule is O=C(O)Cc1ccccc1Nc1ccnc2cc(C(F)(F)F)ccc12.[Na]. The molecule has 0 saturated carbocycles. The van der Waals surface area contributed by atoms with Gasteiger partial charge in [0.05, 0.1) is 17.5 Å². The fourth-order valence-corrected chi connectivity index (χ4v) is 2.54. The first-order chi connectivity index (χ1) is 11.8. The molecule has 0 fully saturated rings. The van der Waals surface area contributed by atoms with Crippen LogP contribution in [0.4, 0.5) is 24.5 Å². The minimum atomic E-state index is -4.44. The molecule has 0 unspecified atom stereocenters. The summed E-state index contributed by atoms with van der Waals surface area (Å²) in [4.78, 5) is 15.0. The van der Waals surface area contributed by atoms with E-state index < -0.39 is 17.7 Å². The summed E-state index contributed by atoms with van der Waals surface area (Å²) < 4.78 is 38.5. The number of anilines is 2. The van der Waals surface area contributed by atoms with Crippen molar-refractivity contribution in [2.45, 2.75) is 12.6 Å². The second-order valence-corrected chi connectivity index (χ2v) is 5.44. The van der Waals surface area contributed by atoms with Gasteiger partial charge in [-0.3, -0.25) is 9.78 Å². The minimum Gasteiger partial charge on any atom is -0.481 e. The average Bonchev–Trinajstić information content (AvgIpc) is 2.55. The Morgan fingerprint density at radius 3 is 2.50 bits per heavy atom. The molecule has 3 rings (SSSR count). The van der Waals surface area contributed by atoms with Crippen molar-refractivity contribution in [2.75, 3.05) is 5.32 Å². The summed E-state index contributed by atoms with van der Waals surface area (Å²) in [5, 5.41) is 12.6. The predicted molar refractivity (Wildman–Crippen MR) is 93.6 cm³/mol. The summed E-state index contributed by atoms with van der Waals surface area (Å²) >= 11 is 0. The van der Waals surface area contributed by atoms with E-state index in [0.717, 1.165) is 12.1 Å². The van der Waals surface area contributed by atoms with Gasteiger partial charge in [0.15, 0.2) is 0 Å². The summed E-state index contributed by atoms with van der Waals surface area (Å²) in [6, 6.07) is 11.8. The van der Waals surface area contributed by atoms with E-state index in [1.54, 1.807) is 30.3 Å². The number of rotatable bonds is 4. The van der Waals surface area contributed by atoms with Crippen molar-refractivity contribution < 1.29 is 23.1 Å². The molecule has 4 nitrogen and oxygen atoms in total. The van der Waals surface area contributed by atoms with Crippen LogP contribution >= 0.6 is 0 Å². The Kier molecular flexibility index (Phi) is 6.28. The fraction of sp³-hybridized carbons (Fsp3) is 0.111. The maximum atomic E-state index is 12.8. The van der Waals surface area contributed by atoms with Crippen LogP contribution in [-0.4, -0.2) is 45.6 Å². The molecule has 0 aliphatic carbocycles. The van der Waals surface area contributed by atoms with Gasteiger partial charge in [-0.15, -0.1) is 0 Å². The van der Waals surface area contributed by atoms with Crippen LogP contribution in [0.15, 0.2) is 54.7 Å². The first kappa shape index (κ1) is 20.2. The van der Waals surface area contributed by atoms with Gasteiger partial charge in [-0.25, -0.2) is 0 Å². The van der Waals surface area contributed by atoms with Crippen LogP contribution in [-0.2, 0) is 17.4 Å². The predicted octanol–water partition coefficient (Wildman–Crippen LogP) is 4.24. The maximum Gasteiger partial charge on any atom is 0.416 e. The Bertz CT molecular complexity index is 945. The van der Waals surface area contributed by atoms with Crippen LogP contribution in [0.2, 0.25) is 0 Å². The van der Waals surface area contributed by atoms with Crippen LogP contribution in [0, 0.1) is 0 Å². The van der Waals surface area contributed by atoms with Crippen molar-refractivity contribution in [3.63, 3.8) is 0 Å². The first-order valence-corrected chi connectivity index (χ1v) is 7.37. The normalized spacial score (nSPS) is 11.0. The van der Waals surface area contributed by atoms with Crippen molar-refractivity contribution in [1.82, 2.24) is 4.98 Å². The van der Waals surface area contributed by atoms with Gasteiger partial charge >= 0.3 is 12.1 Å². The Hall–Kier alpha value is -2.09. The molecule has 0 saturated heterocycles. The Balaban J connectivity index is 0.00000243. The van der Waals surface area contributed by atoms with Crippen LogP contribution in [0.3, 0.4) is 0 Å². The molecule has 0 atom stereocenters. The smallest absolute Gasteiger partial charge is 0.416 e. The number of carboxylic acid groups (broad SMARTS) is 1. The number of benzene rings is 2. The van der Waals surface area contributed by atoms with E-state index >= 15 is 0 Å². The van der Waals surface area contributed by atoms with Gasteiger partial charge in [0, 0.05) is 52.5 Å². The third-order valence-corrected chi connectivity index (χ3v) is 3.70. The van der Waals surface area contributed by atoms with E-state index in [1.807, 2.05) is 0 Å². The number of alkyl halides is 3. The average molecular weight is 369 g/mol. The summed E-state index contributed by atoms with van der Waals surface area (Å²) in [6.07, 6.45) is -3.19. The van der Waals surface area contributed by atoms with Crippen LogP contribution < -0.4 is 5.32 Å². The Labute approximate surface area is 169 Å². The van der Waals surface area contributed by atoms with Crippen molar-refractivity contribution in [2.24, 2.45) is 0 Å². The standard InChI is InChI=1S/C18H13F3N2O2.Na/c19-18(20,21)12-5-6-13-15(7-8-22-16(13)10-12)23-14-4-2-1-3-11(14)9-17(24)25;/h1-8,10H,9H2,(H,22,23)(H,24,25);. The van der Waals surface area contributed by atoms with Gasteiger partial charge < -0.3 is 10.4 Å². The van der Waals surface area contributed by atoms with E-state index in [0.29, 0.717) is 22.3 Å². The number of nitrogens with one attached hydrogen (secondary N) is 1. The molecule has 0 amide bonds. The van der Waals surface area contributed by atoms with Crippen molar-refractivity contribution in [3.05, 3.63) is 65.9 Å².